The van der Waals surface area contributed by atoms with Crippen LogP contribution < -0.4 is 5.32 Å². The highest BCUT2D eigenvalue weighted by atomic mass is 16.7. The zero-order valence-electron chi connectivity index (χ0n) is 8.69. The number of alkyl carbamates (subject to hydrolysis) is 1. The fourth-order valence-electron chi connectivity index (χ4n) is 0.677. The summed E-state index contributed by atoms with van der Waals surface area (Å²) in [6.45, 7) is 4.65. The Bertz CT molecular complexity index is 205. The Morgan fingerprint density at radius 3 is 2.67 bits per heavy atom. The van der Waals surface area contributed by atoms with Crippen molar-refractivity contribution in [2.75, 3.05) is 13.3 Å². The van der Waals surface area contributed by atoms with Crippen molar-refractivity contribution in [1.29, 1.82) is 0 Å². The summed E-state index contributed by atoms with van der Waals surface area (Å²) in [4.78, 5) is 21.6. The maximum atomic E-state index is 10.8. The minimum absolute atomic E-state index is 0.0122. The lowest BCUT2D eigenvalue weighted by molar-refractivity contribution is -0.151. The van der Waals surface area contributed by atoms with E-state index in [2.05, 4.69) is 21.7 Å². The molecule has 15 heavy (non-hydrogen) atoms. The van der Waals surface area contributed by atoms with Crippen LogP contribution >= 0.6 is 0 Å². The van der Waals surface area contributed by atoms with E-state index in [1.165, 1.54) is 0 Å². The monoisotopic (exact) mass is 218 g/mol. The van der Waals surface area contributed by atoms with E-state index in [0.717, 1.165) is 0 Å². The third-order valence-electron chi connectivity index (χ3n) is 1.35. The molecule has 1 amide bonds. The van der Waals surface area contributed by atoms with Gasteiger partial charge < -0.3 is 19.9 Å². The normalized spacial score (nSPS) is 11.7. The maximum Gasteiger partial charge on any atom is 0.410 e. The Balaban J connectivity index is 3.42. The number of esters is 1. The first-order valence-electron chi connectivity index (χ1n) is 4.63. The fourth-order valence-corrected chi connectivity index (χ4v) is 0.677. The predicted molar refractivity (Wildman–Crippen MR) is 51.7 cm³/mol. The fraction of sp³-hybridized carbons (Fsp3) is 0.667. The number of hydrogen-bond acceptors (Lipinski definition) is 5. The standard InChI is InChI=1S/C9H16NO5/c1-3-4-8(12)14-6-15-9(13)10-5-7(2)11/h7,11H,2-6H2,1H3,(H,10,13)/t7-/m1/s1. The van der Waals surface area contributed by atoms with E-state index in [0.29, 0.717) is 12.8 Å². The lowest BCUT2D eigenvalue weighted by Gasteiger charge is -2.08. The van der Waals surface area contributed by atoms with Gasteiger partial charge in [0, 0.05) is 13.0 Å². The van der Waals surface area contributed by atoms with Gasteiger partial charge in [0.15, 0.2) is 0 Å². The molecule has 1 atom stereocenters. The van der Waals surface area contributed by atoms with Crippen molar-refractivity contribution < 1.29 is 24.2 Å². The topological polar surface area (TPSA) is 84.9 Å². The molecule has 0 aromatic rings. The molecule has 0 spiro atoms. The number of ether oxygens (including phenoxy) is 2. The molecule has 6 heteroatoms. The lowest BCUT2D eigenvalue weighted by atomic mass is 10.3. The molecular formula is C9H16NO5. The summed E-state index contributed by atoms with van der Waals surface area (Å²) < 4.78 is 9.04. The zero-order chi connectivity index (χ0) is 11.7. The number of amides is 1. The molecule has 0 bridgehead atoms. The van der Waals surface area contributed by atoms with Gasteiger partial charge in [0.05, 0.1) is 6.10 Å². The number of aliphatic hydroxyl groups is 1. The van der Waals surface area contributed by atoms with Crippen molar-refractivity contribution in [2.45, 2.75) is 25.9 Å². The number of nitrogens with one attached hydrogen (secondary N) is 1. The molecule has 0 aromatic carbocycles. The molecule has 0 saturated heterocycles. The molecule has 2 N–H and O–H groups in total. The number of aliphatic hydroxyl groups excluding tert-OH is 1. The van der Waals surface area contributed by atoms with Gasteiger partial charge in [-0.1, -0.05) is 6.92 Å². The van der Waals surface area contributed by atoms with Crippen molar-refractivity contribution in [2.24, 2.45) is 0 Å². The van der Waals surface area contributed by atoms with Gasteiger partial charge in [-0.2, -0.15) is 0 Å². The van der Waals surface area contributed by atoms with Crippen LogP contribution in [-0.2, 0) is 14.3 Å². The van der Waals surface area contributed by atoms with Crippen LogP contribution in [0.1, 0.15) is 19.8 Å². The molecule has 87 valence electrons. The van der Waals surface area contributed by atoms with Crippen LogP contribution in [0, 0.1) is 6.92 Å². The Morgan fingerprint density at radius 2 is 2.13 bits per heavy atom. The molecule has 1 radical (unpaired) electrons. The second-order valence-corrected chi connectivity index (χ2v) is 2.85. The van der Waals surface area contributed by atoms with Crippen molar-refractivity contribution in [1.82, 2.24) is 5.32 Å². The minimum atomic E-state index is -0.889. The third-order valence-corrected chi connectivity index (χ3v) is 1.35. The average Bonchev–Trinajstić information content (AvgIpc) is 2.15. The van der Waals surface area contributed by atoms with Crippen LogP contribution in [0.5, 0.6) is 0 Å². The van der Waals surface area contributed by atoms with Gasteiger partial charge in [0.2, 0.25) is 6.79 Å². The SMILES string of the molecule is [CH2][C@@H](O)CNC(=O)OCOC(=O)CCC. The Hall–Kier alpha value is -1.30. The van der Waals surface area contributed by atoms with Gasteiger partial charge >= 0.3 is 12.1 Å². The summed E-state index contributed by atoms with van der Waals surface area (Å²) in [5.41, 5.74) is 0. The van der Waals surface area contributed by atoms with Crippen LogP contribution in [0.15, 0.2) is 0 Å². The quantitative estimate of drug-likeness (QED) is 0.491. The average molecular weight is 218 g/mol. The Kier molecular flexibility index (Phi) is 7.35. The van der Waals surface area contributed by atoms with Gasteiger partial charge in [-0.15, -0.1) is 0 Å². The van der Waals surface area contributed by atoms with Crippen molar-refractivity contribution in [3.05, 3.63) is 6.92 Å². The van der Waals surface area contributed by atoms with Crippen LogP contribution in [0.2, 0.25) is 0 Å². The smallest absolute Gasteiger partial charge is 0.410 e. The van der Waals surface area contributed by atoms with Gasteiger partial charge in [0.25, 0.3) is 0 Å². The van der Waals surface area contributed by atoms with E-state index in [-0.39, 0.29) is 6.54 Å². The maximum absolute atomic E-state index is 10.8. The number of hydrogen-bond donors (Lipinski definition) is 2. The number of carbonyl (C=O) groups excluding carboxylic acids is 2. The molecular weight excluding hydrogens is 202 g/mol. The highest BCUT2D eigenvalue weighted by Gasteiger charge is 2.05. The van der Waals surface area contributed by atoms with Crippen molar-refractivity contribution in [3.8, 4) is 0 Å². The molecule has 0 unspecified atom stereocenters. The second kappa shape index (κ2) is 8.05. The first kappa shape index (κ1) is 13.7. The van der Waals surface area contributed by atoms with Gasteiger partial charge in [0.1, 0.15) is 0 Å². The number of carbonyl (C=O) groups is 2. The summed E-state index contributed by atoms with van der Waals surface area (Å²) in [6.07, 6.45) is -0.677. The van der Waals surface area contributed by atoms with Crippen LogP contribution in [0.4, 0.5) is 4.79 Å². The first-order chi connectivity index (χ1) is 7.06. The van der Waals surface area contributed by atoms with Gasteiger partial charge in [-0.05, 0) is 13.3 Å². The van der Waals surface area contributed by atoms with E-state index in [4.69, 9.17) is 5.11 Å². The van der Waals surface area contributed by atoms with E-state index >= 15 is 0 Å². The Labute approximate surface area is 88.6 Å². The van der Waals surface area contributed by atoms with Gasteiger partial charge in [-0.3, -0.25) is 4.79 Å². The minimum Gasteiger partial charge on any atom is -0.428 e. The number of rotatable bonds is 6. The molecule has 0 rings (SSSR count). The van der Waals surface area contributed by atoms with Crippen molar-refractivity contribution in [3.63, 3.8) is 0 Å². The van der Waals surface area contributed by atoms with E-state index in [9.17, 15) is 9.59 Å². The molecule has 0 aliphatic rings. The Morgan fingerprint density at radius 1 is 1.47 bits per heavy atom. The summed E-state index contributed by atoms with van der Waals surface area (Å²) in [6, 6.07) is 0. The molecule has 6 nitrogen and oxygen atoms in total. The largest absolute Gasteiger partial charge is 0.428 e. The van der Waals surface area contributed by atoms with Crippen molar-refractivity contribution >= 4 is 12.1 Å². The molecule has 0 aliphatic heterocycles. The summed E-state index contributed by atoms with van der Waals surface area (Å²) in [5.74, 6) is -0.414. The summed E-state index contributed by atoms with van der Waals surface area (Å²) in [7, 11) is 0. The van der Waals surface area contributed by atoms with E-state index in [1.807, 2.05) is 6.92 Å². The predicted octanol–water partition coefficient (Wildman–Crippen LogP) is 0.208. The van der Waals surface area contributed by atoms with Crippen LogP contribution in [0.3, 0.4) is 0 Å². The molecule has 0 heterocycles. The molecule has 0 aromatic heterocycles. The van der Waals surface area contributed by atoms with Gasteiger partial charge in [-0.25, -0.2) is 4.79 Å². The summed E-state index contributed by atoms with van der Waals surface area (Å²) in [5, 5.41) is 10.9. The molecule has 0 saturated carbocycles. The molecule has 0 fully saturated rings. The lowest BCUT2D eigenvalue weighted by Crippen LogP contribution is -2.31. The van der Waals surface area contributed by atoms with E-state index < -0.39 is 25.0 Å². The first-order valence-corrected chi connectivity index (χ1v) is 4.63. The van der Waals surface area contributed by atoms with E-state index in [1.54, 1.807) is 0 Å². The van der Waals surface area contributed by atoms with Crippen LogP contribution in [-0.4, -0.2) is 36.6 Å². The van der Waals surface area contributed by atoms with Crippen LogP contribution in [0.25, 0.3) is 0 Å². The summed E-state index contributed by atoms with van der Waals surface area (Å²) >= 11 is 0. The highest BCUT2D eigenvalue weighted by molar-refractivity contribution is 5.70. The second-order valence-electron chi connectivity index (χ2n) is 2.85. The zero-order valence-corrected chi connectivity index (χ0v) is 8.69. The highest BCUT2D eigenvalue weighted by Crippen LogP contribution is 1.91. The molecule has 0 aliphatic carbocycles. The third kappa shape index (κ3) is 9.01.